The summed E-state index contributed by atoms with van der Waals surface area (Å²) in [5, 5.41) is 3.92. The number of hydrogen-bond acceptors (Lipinski definition) is 6. The highest BCUT2D eigenvalue weighted by Gasteiger charge is 2.32. The topological polar surface area (TPSA) is 124 Å². The number of anilines is 1. The Morgan fingerprint density at radius 1 is 1.33 bits per heavy atom. The van der Waals surface area contributed by atoms with Gasteiger partial charge in [-0.25, -0.2) is 21.6 Å². The van der Waals surface area contributed by atoms with Gasteiger partial charge in [-0.3, -0.25) is 4.68 Å². The molecule has 0 aromatic carbocycles. The number of nitrogen functional groups attached to an aromatic ring is 1. The number of sulfone groups is 1. The van der Waals surface area contributed by atoms with E-state index in [1.807, 2.05) is 6.92 Å². The summed E-state index contributed by atoms with van der Waals surface area (Å²) in [6.45, 7) is 5.14. The largest absolute Gasteiger partial charge is 0.381 e. The third-order valence-electron chi connectivity index (χ3n) is 3.19. The molecule has 0 bridgehead atoms. The molecule has 0 atom stereocenters. The molecule has 0 radical (unpaired) electrons. The summed E-state index contributed by atoms with van der Waals surface area (Å²) in [6.07, 6.45) is 3.19. The highest BCUT2D eigenvalue weighted by Crippen LogP contribution is 2.19. The molecule has 0 amide bonds. The lowest BCUT2D eigenvalue weighted by Crippen LogP contribution is -2.43. The van der Waals surface area contributed by atoms with Gasteiger partial charge in [0, 0.05) is 25.5 Å². The van der Waals surface area contributed by atoms with E-state index in [0.717, 1.165) is 12.7 Å². The summed E-state index contributed by atoms with van der Waals surface area (Å²) in [4.78, 5) is -0.139. The fourth-order valence-corrected chi connectivity index (χ4v) is 3.16. The molecule has 122 valence electrons. The molecule has 1 aromatic rings. The number of hydrogen-bond donors (Lipinski definition) is 2. The van der Waals surface area contributed by atoms with E-state index in [1.54, 1.807) is 0 Å². The van der Waals surface area contributed by atoms with E-state index >= 15 is 0 Å². The van der Waals surface area contributed by atoms with Gasteiger partial charge in [0.1, 0.15) is 4.90 Å². The van der Waals surface area contributed by atoms with Crippen LogP contribution >= 0.6 is 0 Å². The van der Waals surface area contributed by atoms with E-state index < -0.39 is 24.6 Å². The van der Waals surface area contributed by atoms with Crippen molar-refractivity contribution in [3.05, 3.63) is 6.20 Å². The van der Waals surface area contributed by atoms with E-state index in [2.05, 4.69) is 9.82 Å². The van der Waals surface area contributed by atoms with E-state index in [4.69, 9.17) is 5.73 Å². The number of aryl methyl sites for hydroxylation is 1. The van der Waals surface area contributed by atoms with Crippen molar-refractivity contribution in [2.45, 2.75) is 43.4 Å². The smallest absolute Gasteiger partial charge is 0.245 e. The van der Waals surface area contributed by atoms with Crippen LogP contribution in [-0.4, -0.2) is 44.2 Å². The zero-order chi connectivity index (χ0) is 16.5. The Morgan fingerprint density at radius 2 is 1.90 bits per heavy atom. The number of rotatable bonds is 7. The van der Waals surface area contributed by atoms with Crippen LogP contribution in [0.25, 0.3) is 0 Å². The number of aromatic nitrogens is 2. The Labute approximate surface area is 125 Å². The van der Waals surface area contributed by atoms with Crippen LogP contribution in [0.3, 0.4) is 0 Å². The Bertz CT molecular complexity index is 705. The van der Waals surface area contributed by atoms with Crippen molar-refractivity contribution in [1.82, 2.24) is 14.5 Å². The lowest BCUT2D eigenvalue weighted by Gasteiger charge is -2.22. The first-order valence-corrected chi connectivity index (χ1v) is 9.80. The molecule has 0 spiro atoms. The Hall–Kier alpha value is -1.13. The molecule has 1 aromatic heterocycles. The molecular weight excluding hydrogens is 316 g/mol. The Balaban J connectivity index is 2.98. The minimum absolute atomic E-state index is 0.104. The maximum absolute atomic E-state index is 12.2. The van der Waals surface area contributed by atoms with Crippen molar-refractivity contribution in [3.63, 3.8) is 0 Å². The van der Waals surface area contributed by atoms with Crippen molar-refractivity contribution in [2.24, 2.45) is 0 Å². The van der Waals surface area contributed by atoms with Crippen molar-refractivity contribution in [2.75, 3.05) is 18.5 Å². The maximum atomic E-state index is 12.2. The molecule has 3 N–H and O–H groups in total. The molecule has 0 unspecified atom stereocenters. The molecule has 0 saturated carbocycles. The van der Waals surface area contributed by atoms with Gasteiger partial charge in [-0.05, 0) is 20.3 Å². The summed E-state index contributed by atoms with van der Waals surface area (Å²) in [5.74, 6) is -0.104. The minimum atomic E-state index is -3.90. The van der Waals surface area contributed by atoms with Crippen LogP contribution in [0.5, 0.6) is 0 Å². The van der Waals surface area contributed by atoms with Crippen molar-refractivity contribution >= 4 is 25.7 Å². The summed E-state index contributed by atoms with van der Waals surface area (Å²) >= 11 is 0. The van der Waals surface area contributed by atoms with E-state index in [-0.39, 0.29) is 17.3 Å². The average molecular weight is 338 g/mol. The zero-order valence-electron chi connectivity index (χ0n) is 12.6. The van der Waals surface area contributed by atoms with Crippen LogP contribution in [-0.2, 0) is 26.4 Å². The van der Waals surface area contributed by atoms with Gasteiger partial charge in [0.2, 0.25) is 10.0 Å². The first-order valence-electron chi connectivity index (χ1n) is 6.43. The summed E-state index contributed by atoms with van der Waals surface area (Å²) in [7, 11) is -7.30. The number of nitrogens with one attached hydrogen (secondary N) is 1. The average Bonchev–Trinajstić information content (AvgIpc) is 2.68. The predicted octanol–water partition coefficient (Wildman–Crippen LogP) is -0.0232. The van der Waals surface area contributed by atoms with Crippen LogP contribution in [0, 0.1) is 0 Å². The molecule has 8 nitrogen and oxygen atoms in total. The second-order valence-corrected chi connectivity index (χ2v) is 9.88. The first kappa shape index (κ1) is 17.9. The van der Waals surface area contributed by atoms with Gasteiger partial charge < -0.3 is 5.73 Å². The second-order valence-electron chi connectivity index (χ2n) is 5.50. The molecule has 0 saturated heterocycles. The standard InChI is InChI=1S/C11H22N4O4S2/c1-5-6-15-7-9(10(12)14-15)21(18,19)13-8-11(2,3)20(4,16)17/h7,13H,5-6,8H2,1-4H3,(H2,12,14). The van der Waals surface area contributed by atoms with Crippen LogP contribution < -0.4 is 10.5 Å². The monoisotopic (exact) mass is 338 g/mol. The Morgan fingerprint density at radius 3 is 2.38 bits per heavy atom. The SMILES string of the molecule is CCCn1cc(S(=O)(=O)NCC(C)(C)S(C)(=O)=O)c(N)n1. The third-order valence-corrected chi connectivity index (χ3v) is 6.76. The fraction of sp³-hybridized carbons (Fsp3) is 0.727. The molecule has 1 heterocycles. The van der Waals surface area contributed by atoms with Gasteiger partial charge >= 0.3 is 0 Å². The zero-order valence-corrected chi connectivity index (χ0v) is 14.3. The summed E-state index contributed by atoms with van der Waals surface area (Å²) < 4.78 is 50.1. The van der Waals surface area contributed by atoms with E-state index in [0.29, 0.717) is 6.54 Å². The lowest BCUT2D eigenvalue weighted by atomic mass is 10.2. The number of nitrogens with zero attached hydrogens (tertiary/aromatic N) is 2. The van der Waals surface area contributed by atoms with Crippen LogP contribution in [0.2, 0.25) is 0 Å². The molecule has 21 heavy (non-hydrogen) atoms. The molecule has 0 aliphatic rings. The van der Waals surface area contributed by atoms with E-state index in [9.17, 15) is 16.8 Å². The second kappa shape index (κ2) is 5.93. The summed E-state index contributed by atoms with van der Waals surface area (Å²) in [6, 6.07) is 0. The van der Waals surface area contributed by atoms with Crippen molar-refractivity contribution in [1.29, 1.82) is 0 Å². The lowest BCUT2D eigenvalue weighted by molar-refractivity contribution is 0.537. The minimum Gasteiger partial charge on any atom is -0.381 e. The fourth-order valence-electron chi connectivity index (χ4n) is 1.45. The summed E-state index contributed by atoms with van der Waals surface area (Å²) in [5.41, 5.74) is 5.61. The highest BCUT2D eigenvalue weighted by molar-refractivity contribution is 7.92. The maximum Gasteiger partial charge on any atom is 0.245 e. The quantitative estimate of drug-likeness (QED) is 0.720. The van der Waals surface area contributed by atoms with Gasteiger partial charge in [-0.15, -0.1) is 0 Å². The van der Waals surface area contributed by atoms with Gasteiger partial charge in [0.05, 0.1) is 4.75 Å². The molecule has 0 fully saturated rings. The van der Waals surface area contributed by atoms with Crippen LogP contribution in [0.1, 0.15) is 27.2 Å². The third kappa shape index (κ3) is 4.17. The van der Waals surface area contributed by atoms with Gasteiger partial charge in [-0.1, -0.05) is 6.92 Å². The van der Waals surface area contributed by atoms with Crippen molar-refractivity contribution in [3.8, 4) is 0 Å². The Kier molecular flexibility index (Phi) is 5.06. The highest BCUT2D eigenvalue weighted by atomic mass is 32.2. The van der Waals surface area contributed by atoms with Gasteiger partial charge in [0.25, 0.3) is 0 Å². The molecule has 0 aliphatic heterocycles. The number of nitrogens with two attached hydrogens (primary N) is 1. The van der Waals surface area contributed by atoms with Gasteiger partial charge in [0.15, 0.2) is 15.7 Å². The molecule has 1 rings (SSSR count). The van der Waals surface area contributed by atoms with Gasteiger partial charge in [-0.2, -0.15) is 5.10 Å². The predicted molar refractivity (Wildman–Crippen MR) is 81.0 cm³/mol. The van der Waals surface area contributed by atoms with Crippen LogP contribution in [0.4, 0.5) is 5.82 Å². The normalized spacial score (nSPS) is 13.5. The number of sulfonamides is 1. The van der Waals surface area contributed by atoms with Crippen molar-refractivity contribution < 1.29 is 16.8 Å². The molecule has 0 aliphatic carbocycles. The van der Waals surface area contributed by atoms with E-state index in [1.165, 1.54) is 24.7 Å². The molecular formula is C11H22N4O4S2. The molecule has 10 heteroatoms. The van der Waals surface area contributed by atoms with Crippen LogP contribution in [0.15, 0.2) is 11.1 Å². The first-order chi connectivity index (χ1) is 9.40.